The summed E-state index contributed by atoms with van der Waals surface area (Å²) >= 11 is 0. The predicted molar refractivity (Wildman–Crippen MR) is 344 cm³/mol. The monoisotopic (exact) mass is 1270 g/mol. The maximum atomic E-state index is 13.0. The third-order valence-corrected chi connectivity index (χ3v) is 17.2. The van der Waals surface area contributed by atoms with Gasteiger partial charge >= 0.3 is 39.5 Å². The SMILES string of the molecule is CC(C)CCCCCCCCCCCCCCCCC(=O)O[C@H](COC(=O)CCCCCCCCCC(C)C)COP(=O)(O)OC[C@@H](O)COP(=O)(O)OC[C@@H](COC(=O)CCCCCCCCC(C)C)OC(=O)CCCCCCCCCC(C)C. The van der Waals surface area contributed by atoms with Crippen molar-refractivity contribution in [2.75, 3.05) is 39.6 Å². The summed E-state index contributed by atoms with van der Waals surface area (Å²) in [6, 6.07) is 0. The molecule has 0 aromatic heterocycles. The number of esters is 4. The van der Waals surface area contributed by atoms with Crippen molar-refractivity contribution >= 4 is 39.5 Å². The lowest BCUT2D eigenvalue weighted by Crippen LogP contribution is -2.30. The van der Waals surface area contributed by atoms with Crippen LogP contribution in [0.25, 0.3) is 0 Å². The van der Waals surface area contributed by atoms with Crippen LogP contribution >= 0.6 is 15.6 Å². The van der Waals surface area contributed by atoms with E-state index in [0.29, 0.717) is 43.4 Å². The predicted octanol–water partition coefficient (Wildman–Crippen LogP) is 18.5. The molecule has 0 bridgehead atoms. The molecule has 19 heteroatoms. The molecule has 0 aromatic carbocycles. The van der Waals surface area contributed by atoms with E-state index in [2.05, 4.69) is 55.4 Å². The maximum absolute atomic E-state index is 13.0. The number of carbonyl (C=O) groups excluding carboxylic acids is 4. The Bertz CT molecular complexity index is 1710. The van der Waals surface area contributed by atoms with E-state index in [1.54, 1.807) is 0 Å². The number of hydrogen-bond acceptors (Lipinski definition) is 15. The first-order valence-electron chi connectivity index (χ1n) is 34.7. The minimum atomic E-state index is -4.95. The van der Waals surface area contributed by atoms with Gasteiger partial charge in [0.15, 0.2) is 12.2 Å². The summed E-state index contributed by atoms with van der Waals surface area (Å²) in [5.41, 5.74) is 0. The molecule has 0 rings (SSSR count). The molecule has 0 spiro atoms. The second kappa shape index (κ2) is 57.0. The molecule has 0 heterocycles. The van der Waals surface area contributed by atoms with Gasteiger partial charge < -0.3 is 33.8 Å². The highest BCUT2D eigenvalue weighted by atomic mass is 31.2. The Kier molecular flexibility index (Phi) is 55.7. The van der Waals surface area contributed by atoms with Gasteiger partial charge in [-0.25, -0.2) is 9.13 Å². The Morgan fingerprint density at radius 2 is 0.488 bits per heavy atom. The van der Waals surface area contributed by atoms with Gasteiger partial charge in [0, 0.05) is 25.7 Å². The highest BCUT2D eigenvalue weighted by Gasteiger charge is 2.30. The summed E-state index contributed by atoms with van der Waals surface area (Å²) in [4.78, 5) is 72.3. The van der Waals surface area contributed by atoms with Gasteiger partial charge in [-0.3, -0.25) is 37.3 Å². The molecule has 5 atom stereocenters. The summed E-state index contributed by atoms with van der Waals surface area (Å²) in [5, 5.41) is 10.5. The number of phosphoric acid groups is 2. The number of aliphatic hydroxyl groups is 1. The number of aliphatic hydroxyl groups excluding tert-OH is 1. The van der Waals surface area contributed by atoms with E-state index in [0.717, 1.165) is 109 Å². The summed E-state index contributed by atoms with van der Waals surface area (Å²) in [7, 11) is -9.89. The molecule has 0 aromatic rings. The number of phosphoric ester groups is 2. The molecule has 86 heavy (non-hydrogen) atoms. The first-order chi connectivity index (χ1) is 41.1. The molecule has 0 fully saturated rings. The zero-order valence-corrected chi connectivity index (χ0v) is 57.7. The average Bonchev–Trinajstić information content (AvgIpc) is 3.59. The molecule has 0 amide bonds. The van der Waals surface area contributed by atoms with E-state index in [9.17, 15) is 43.2 Å². The Balaban J connectivity index is 5.21. The van der Waals surface area contributed by atoms with Crippen LogP contribution in [0.3, 0.4) is 0 Å². The number of unbranched alkanes of at least 4 members (excludes halogenated alkanes) is 30. The van der Waals surface area contributed by atoms with Crippen LogP contribution in [-0.4, -0.2) is 96.7 Å². The van der Waals surface area contributed by atoms with Gasteiger partial charge in [0.1, 0.15) is 19.3 Å². The Morgan fingerprint density at radius 1 is 0.291 bits per heavy atom. The zero-order valence-electron chi connectivity index (χ0n) is 55.9. The Labute approximate surface area is 524 Å². The molecule has 2 unspecified atom stereocenters. The Hall–Kier alpha value is -1.94. The van der Waals surface area contributed by atoms with Crippen molar-refractivity contribution in [1.82, 2.24) is 0 Å². The van der Waals surface area contributed by atoms with Crippen molar-refractivity contribution in [1.29, 1.82) is 0 Å². The third-order valence-electron chi connectivity index (χ3n) is 15.3. The van der Waals surface area contributed by atoms with E-state index < -0.39 is 97.5 Å². The van der Waals surface area contributed by atoms with Gasteiger partial charge in [-0.05, 0) is 49.4 Å². The molecule has 17 nitrogen and oxygen atoms in total. The smallest absolute Gasteiger partial charge is 0.462 e. The summed E-state index contributed by atoms with van der Waals surface area (Å²) in [6.07, 6.45) is 37.9. The van der Waals surface area contributed by atoms with E-state index in [1.165, 1.54) is 116 Å². The van der Waals surface area contributed by atoms with E-state index in [4.69, 9.17) is 37.0 Å². The number of carbonyl (C=O) groups is 4. The van der Waals surface area contributed by atoms with Crippen LogP contribution in [0.1, 0.15) is 325 Å². The maximum Gasteiger partial charge on any atom is 0.472 e. The molecule has 0 aliphatic heterocycles. The second-order valence-corrected chi connectivity index (χ2v) is 29.0. The van der Waals surface area contributed by atoms with Crippen LogP contribution in [0.4, 0.5) is 0 Å². The van der Waals surface area contributed by atoms with Crippen LogP contribution in [0.2, 0.25) is 0 Å². The van der Waals surface area contributed by atoms with Crippen LogP contribution in [-0.2, 0) is 65.4 Å². The highest BCUT2D eigenvalue weighted by molar-refractivity contribution is 7.47. The quantitative estimate of drug-likeness (QED) is 0.0222. The van der Waals surface area contributed by atoms with Crippen LogP contribution in [0.15, 0.2) is 0 Å². The molecule has 0 saturated heterocycles. The van der Waals surface area contributed by atoms with Gasteiger partial charge in [-0.15, -0.1) is 0 Å². The molecule has 0 aliphatic rings. The largest absolute Gasteiger partial charge is 0.472 e. The van der Waals surface area contributed by atoms with Crippen molar-refractivity contribution in [3.05, 3.63) is 0 Å². The fourth-order valence-electron chi connectivity index (χ4n) is 9.96. The molecular formula is C67H130O17P2. The minimum Gasteiger partial charge on any atom is -0.462 e. The minimum absolute atomic E-state index is 0.102. The zero-order chi connectivity index (χ0) is 63.9. The average molecular weight is 1270 g/mol. The lowest BCUT2D eigenvalue weighted by molar-refractivity contribution is -0.161. The van der Waals surface area contributed by atoms with Crippen molar-refractivity contribution in [3.8, 4) is 0 Å². The fourth-order valence-corrected chi connectivity index (χ4v) is 11.5. The van der Waals surface area contributed by atoms with Crippen LogP contribution < -0.4 is 0 Å². The third kappa shape index (κ3) is 60.9. The van der Waals surface area contributed by atoms with Gasteiger partial charge in [0.2, 0.25) is 0 Å². The molecular weight excluding hydrogens is 1140 g/mol. The van der Waals surface area contributed by atoms with Gasteiger partial charge in [-0.1, -0.05) is 274 Å². The summed E-state index contributed by atoms with van der Waals surface area (Å²) in [5.74, 6) is 0.737. The van der Waals surface area contributed by atoms with E-state index >= 15 is 0 Å². The summed E-state index contributed by atoms with van der Waals surface area (Å²) in [6.45, 7) is 13.9. The standard InChI is InChI=1S/C67H130O17P2/c1-57(2)43-35-27-19-15-13-11-9-10-12-14-16-22-33-41-49-66(71)83-62(53-77-64(69)47-39-31-23-17-20-28-36-44-58(3)4)55-81-85(73,74)79-51-61(68)52-80-86(75,76)82-56-63(54-78-65(70)48-40-32-26-25-30-38-46-60(7)8)84-67(72)50-42-34-24-18-21-29-37-45-59(5)6/h57-63,68H,9-56H2,1-8H3,(H,73,74)(H,75,76)/t61-,62-,63-/m1/s1. The molecule has 3 N–H and O–H groups in total. The van der Waals surface area contributed by atoms with Crippen LogP contribution in [0.5, 0.6) is 0 Å². The van der Waals surface area contributed by atoms with Crippen molar-refractivity contribution in [2.24, 2.45) is 23.7 Å². The van der Waals surface area contributed by atoms with Crippen molar-refractivity contribution in [3.63, 3.8) is 0 Å². The van der Waals surface area contributed by atoms with Crippen molar-refractivity contribution in [2.45, 2.75) is 343 Å². The number of ether oxygens (including phenoxy) is 4. The van der Waals surface area contributed by atoms with Gasteiger partial charge in [-0.2, -0.15) is 0 Å². The first-order valence-corrected chi connectivity index (χ1v) is 37.7. The fraction of sp³-hybridized carbons (Fsp3) is 0.940. The van der Waals surface area contributed by atoms with Gasteiger partial charge in [0.05, 0.1) is 26.4 Å². The first kappa shape index (κ1) is 84.1. The van der Waals surface area contributed by atoms with Gasteiger partial charge in [0.25, 0.3) is 0 Å². The summed E-state index contributed by atoms with van der Waals surface area (Å²) < 4.78 is 68.1. The highest BCUT2D eigenvalue weighted by Crippen LogP contribution is 2.45. The number of hydrogen-bond donors (Lipinski definition) is 3. The van der Waals surface area contributed by atoms with E-state index in [1.807, 2.05) is 0 Å². The number of rotatable bonds is 64. The molecule has 510 valence electrons. The van der Waals surface area contributed by atoms with Crippen LogP contribution in [0, 0.1) is 23.7 Å². The normalized spacial score (nSPS) is 14.4. The molecule has 0 saturated carbocycles. The lowest BCUT2D eigenvalue weighted by atomic mass is 10.0. The lowest BCUT2D eigenvalue weighted by Gasteiger charge is -2.21. The Morgan fingerprint density at radius 3 is 0.721 bits per heavy atom. The van der Waals surface area contributed by atoms with Crippen molar-refractivity contribution < 1.29 is 80.2 Å². The van der Waals surface area contributed by atoms with E-state index in [-0.39, 0.29) is 25.7 Å². The molecule has 0 aliphatic carbocycles. The topological polar surface area (TPSA) is 237 Å². The second-order valence-electron chi connectivity index (χ2n) is 26.1. The molecule has 0 radical (unpaired) electrons.